The Hall–Kier alpha value is -1.03. The minimum absolute atomic E-state index is 0.681. The molecule has 19 heavy (non-hydrogen) atoms. The summed E-state index contributed by atoms with van der Waals surface area (Å²) >= 11 is 9.38. The zero-order valence-corrected chi connectivity index (χ0v) is 13.0. The summed E-state index contributed by atoms with van der Waals surface area (Å²) in [4.78, 5) is 0. The molecule has 2 aromatic carbocycles. The van der Waals surface area contributed by atoms with E-state index in [2.05, 4.69) is 34.2 Å². The lowest BCUT2D eigenvalue weighted by molar-refractivity contribution is 0.470. The third-order valence-electron chi connectivity index (χ3n) is 2.65. The lowest BCUT2D eigenvalue weighted by Crippen LogP contribution is -2.12. The second kappa shape index (κ2) is 6.94. The average molecular weight is 341 g/mol. The monoisotopic (exact) mass is 339 g/mol. The fourth-order valence-corrected chi connectivity index (χ4v) is 2.45. The van der Waals surface area contributed by atoms with Gasteiger partial charge < -0.3 is 10.1 Å². The van der Waals surface area contributed by atoms with Crippen LogP contribution in [-0.4, -0.2) is 6.54 Å². The van der Waals surface area contributed by atoms with Crippen molar-refractivity contribution in [3.05, 3.63) is 57.5 Å². The van der Waals surface area contributed by atoms with Crippen LogP contribution in [0.3, 0.4) is 0 Å². The van der Waals surface area contributed by atoms with Gasteiger partial charge in [-0.1, -0.05) is 36.7 Å². The van der Waals surface area contributed by atoms with E-state index in [0.29, 0.717) is 5.02 Å². The van der Waals surface area contributed by atoms with E-state index in [1.54, 1.807) is 0 Å². The van der Waals surface area contributed by atoms with E-state index in [4.69, 9.17) is 16.3 Å². The molecule has 2 nitrogen and oxygen atoms in total. The van der Waals surface area contributed by atoms with Crippen molar-refractivity contribution < 1.29 is 4.74 Å². The van der Waals surface area contributed by atoms with Crippen LogP contribution in [0.5, 0.6) is 11.5 Å². The maximum absolute atomic E-state index is 5.95. The zero-order chi connectivity index (χ0) is 13.7. The number of hydrogen-bond acceptors (Lipinski definition) is 2. The molecule has 0 heterocycles. The molecule has 0 saturated carbocycles. The van der Waals surface area contributed by atoms with Gasteiger partial charge in [0.25, 0.3) is 0 Å². The Morgan fingerprint density at radius 2 is 1.95 bits per heavy atom. The van der Waals surface area contributed by atoms with Crippen molar-refractivity contribution in [3.8, 4) is 11.5 Å². The Morgan fingerprint density at radius 1 is 1.16 bits per heavy atom. The van der Waals surface area contributed by atoms with Gasteiger partial charge in [-0.3, -0.25) is 0 Å². The molecule has 0 aliphatic rings. The normalized spacial score (nSPS) is 10.5. The summed E-state index contributed by atoms with van der Waals surface area (Å²) in [7, 11) is 0. The number of halogens is 2. The fourth-order valence-electron chi connectivity index (χ4n) is 1.69. The Balaban J connectivity index is 2.22. The third-order valence-corrected chi connectivity index (χ3v) is 3.51. The molecule has 100 valence electrons. The molecule has 0 aliphatic heterocycles. The number of rotatable bonds is 5. The lowest BCUT2D eigenvalue weighted by Gasteiger charge is -2.12. The zero-order valence-electron chi connectivity index (χ0n) is 10.6. The van der Waals surface area contributed by atoms with Crippen molar-refractivity contribution in [1.29, 1.82) is 0 Å². The second-order valence-electron chi connectivity index (χ2n) is 4.06. The molecule has 0 spiro atoms. The molecule has 0 bridgehead atoms. The summed E-state index contributed by atoms with van der Waals surface area (Å²) in [6, 6.07) is 13.5. The summed E-state index contributed by atoms with van der Waals surface area (Å²) in [5.41, 5.74) is 1.13. The van der Waals surface area contributed by atoms with E-state index in [1.807, 2.05) is 36.4 Å². The van der Waals surface area contributed by atoms with Crippen LogP contribution >= 0.6 is 27.5 Å². The van der Waals surface area contributed by atoms with E-state index in [9.17, 15) is 0 Å². The molecule has 1 N–H and O–H groups in total. The Bertz CT molecular complexity index is 560. The predicted molar refractivity (Wildman–Crippen MR) is 83.0 cm³/mol. The molecule has 0 atom stereocenters. The Morgan fingerprint density at radius 3 is 2.68 bits per heavy atom. The van der Waals surface area contributed by atoms with E-state index in [-0.39, 0.29) is 0 Å². The maximum Gasteiger partial charge on any atom is 0.141 e. The van der Waals surface area contributed by atoms with Crippen LogP contribution in [-0.2, 0) is 6.54 Å². The topological polar surface area (TPSA) is 21.3 Å². The van der Waals surface area contributed by atoms with Gasteiger partial charge in [0, 0.05) is 17.1 Å². The van der Waals surface area contributed by atoms with Crippen LogP contribution in [0.1, 0.15) is 12.5 Å². The number of ether oxygens (including phenoxy) is 1. The van der Waals surface area contributed by atoms with Gasteiger partial charge in [0.15, 0.2) is 0 Å². The van der Waals surface area contributed by atoms with Crippen LogP contribution in [0.4, 0.5) is 0 Å². The van der Waals surface area contributed by atoms with Crippen LogP contribution in [0.15, 0.2) is 46.9 Å². The van der Waals surface area contributed by atoms with Gasteiger partial charge in [-0.25, -0.2) is 0 Å². The first-order valence-electron chi connectivity index (χ1n) is 6.12. The average Bonchev–Trinajstić information content (AvgIpc) is 2.41. The molecule has 2 rings (SSSR count). The first-order valence-corrected chi connectivity index (χ1v) is 7.29. The predicted octanol–water partition coefficient (Wildman–Crippen LogP) is 5.00. The first-order chi connectivity index (χ1) is 9.20. The molecule has 4 heteroatoms. The molecule has 0 unspecified atom stereocenters. The highest BCUT2D eigenvalue weighted by atomic mass is 79.9. The van der Waals surface area contributed by atoms with Gasteiger partial charge >= 0.3 is 0 Å². The summed E-state index contributed by atoms with van der Waals surface area (Å²) in [5, 5.41) is 3.98. The fraction of sp³-hybridized carbons (Fsp3) is 0.200. The molecule has 0 amide bonds. The van der Waals surface area contributed by atoms with Crippen molar-refractivity contribution >= 4 is 27.5 Å². The van der Waals surface area contributed by atoms with Crippen LogP contribution < -0.4 is 10.1 Å². The summed E-state index contributed by atoms with van der Waals surface area (Å²) in [6.07, 6.45) is 0. The van der Waals surface area contributed by atoms with Gasteiger partial charge in [0.1, 0.15) is 11.5 Å². The SMILES string of the molecule is CCNCc1ccccc1Oc1ccc(Cl)cc1Br. The summed E-state index contributed by atoms with van der Waals surface area (Å²) in [5.74, 6) is 1.61. The van der Waals surface area contributed by atoms with E-state index in [0.717, 1.165) is 34.6 Å². The maximum atomic E-state index is 5.95. The molecular weight excluding hydrogens is 326 g/mol. The summed E-state index contributed by atoms with van der Waals surface area (Å²) < 4.78 is 6.79. The number of nitrogens with one attached hydrogen (secondary N) is 1. The Kier molecular flexibility index (Phi) is 5.25. The first kappa shape index (κ1) is 14.4. The minimum Gasteiger partial charge on any atom is -0.456 e. The Labute approximate surface area is 126 Å². The number of para-hydroxylation sites is 1. The highest BCUT2D eigenvalue weighted by Gasteiger charge is 2.07. The minimum atomic E-state index is 0.681. The van der Waals surface area contributed by atoms with Crippen molar-refractivity contribution in [1.82, 2.24) is 5.32 Å². The molecule has 2 aromatic rings. The van der Waals surface area contributed by atoms with Gasteiger partial charge in [0.05, 0.1) is 4.47 Å². The van der Waals surface area contributed by atoms with Crippen molar-refractivity contribution in [2.45, 2.75) is 13.5 Å². The van der Waals surface area contributed by atoms with Crippen LogP contribution in [0.25, 0.3) is 0 Å². The molecule has 0 aromatic heterocycles. The number of hydrogen-bond donors (Lipinski definition) is 1. The third kappa shape index (κ3) is 3.96. The standard InChI is InChI=1S/C15H15BrClNO/c1-2-18-10-11-5-3-4-6-14(11)19-15-8-7-12(17)9-13(15)16/h3-9,18H,2,10H2,1H3. The van der Waals surface area contributed by atoms with E-state index < -0.39 is 0 Å². The summed E-state index contributed by atoms with van der Waals surface area (Å²) in [6.45, 7) is 3.80. The molecule has 0 saturated heterocycles. The van der Waals surface area contributed by atoms with Crippen LogP contribution in [0.2, 0.25) is 5.02 Å². The molecule has 0 aliphatic carbocycles. The van der Waals surface area contributed by atoms with Crippen molar-refractivity contribution in [2.75, 3.05) is 6.54 Å². The van der Waals surface area contributed by atoms with E-state index >= 15 is 0 Å². The highest BCUT2D eigenvalue weighted by molar-refractivity contribution is 9.10. The second-order valence-corrected chi connectivity index (χ2v) is 5.36. The lowest BCUT2D eigenvalue weighted by atomic mass is 10.2. The van der Waals surface area contributed by atoms with Gasteiger partial charge in [-0.05, 0) is 46.7 Å². The van der Waals surface area contributed by atoms with Crippen molar-refractivity contribution in [3.63, 3.8) is 0 Å². The molecule has 0 fully saturated rings. The largest absolute Gasteiger partial charge is 0.456 e. The highest BCUT2D eigenvalue weighted by Crippen LogP contribution is 2.33. The van der Waals surface area contributed by atoms with Gasteiger partial charge in [-0.15, -0.1) is 0 Å². The van der Waals surface area contributed by atoms with E-state index in [1.165, 1.54) is 0 Å². The van der Waals surface area contributed by atoms with Crippen molar-refractivity contribution in [2.24, 2.45) is 0 Å². The van der Waals surface area contributed by atoms with Crippen LogP contribution in [0, 0.1) is 0 Å². The number of benzene rings is 2. The van der Waals surface area contributed by atoms with Gasteiger partial charge in [0.2, 0.25) is 0 Å². The molecule has 0 radical (unpaired) electrons. The quantitative estimate of drug-likeness (QED) is 0.826. The molecular formula is C15H15BrClNO. The van der Waals surface area contributed by atoms with Gasteiger partial charge in [-0.2, -0.15) is 0 Å². The smallest absolute Gasteiger partial charge is 0.141 e.